The minimum atomic E-state index is -1.31. The standard InChI is InChI=1S/C27H29ClFINO2S/c1-3-4-6-9-19(30-2)17-31(20-10-7-5-8-11-20)25-16-23(28)21(15-26(25)34)18-12-13-24(29)22(14-18)27(32)33/h5,7-8,10-16,19,34H,3-4,6,9,17H2,1-2H3,(H,32,33)/q-1/t19-/m1/s1. The van der Waals surface area contributed by atoms with Crippen LogP contribution in [0.1, 0.15) is 43.0 Å². The zero-order chi connectivity index (χ0) is 24.7. The quantitative estimate of drug-likeness (QED) is 0.140. The summed E-state index contributed by atoms with van der Waals surface area (Å²) >= 11 is 11.6. The second kappa shape index (κ2) is 12.8. The molecule has 3 aromatic rings. The van der Waals surface area contributed by atoms with Gasteiger partial charge < -0.3 is 0 Å². The molecule has 0 amide bonds. The number of rotatable bonds is 11. The maximum atomic E-state index is 13.9. The van der Waals surface area contributed by atoms with Crippen LogP contribution in [0.3, 0.4) is 0 Å². The molecule has 0 aliphatic rings. The van der Waals surface area contributed by atoms with E-state index in [4.69, 9.17) is 24.2 Å². The molecule has 3 nitrogen and oxygen atoms in total. The number of hydrogen-bond acceptors (Lipinski definition) is 3. The minimum absolute atomic E-state index is 0.0411. The zero-order valence-corrected chi connectivity index (χ0v) is 23.1. The van der Waals surface area contributed by atoms with Crippen LogP contribution in [0.5, 0.6) is 0 Å². The monoisotopic (exact) mass is 612 g/mol. The van der Waals surface area contributed by atoms with Crippen molar-refractivity contribution in [3.05, 3.63) is 77.1 Å². The molecule has 1 atom stereocenters. The Morgan fingerprint density at radius 1 is 1.15 bits per heavy atom. The Hall–Kier alpha value is -1.77. The van der Waals surface area contributed by atoms with Gasteiger partial charge in [0.15, 0.2) is 0 Å². The third-order valence-electron chi connectivity index (χ3n) is 5.74. The van der Waals surface area contributed by atoms with E-state index in [9.17, 15) is 14.3 Å². The van der Waals surface area contributed by atoms with E-state index >= 15 is 0 Å². The molecular formula is C27H29ClFINO2S-. The summed E-state index contributed by atoms with van der Waals surface area (Å²) in [5.41, 5.74) is 2.75. The second-order valence-corrected chi connectivity index (χ2v) is 12.0. The van der Waals surface area contributed by atoms with Crippen molar-refractivity contribution in [2.45, 2.75) is 41.4 Å². The maximum absolute atomic E-state index is 13.9. The predicted molar refractivity (Wildman–Crippen MR) is 138 cm³/mol. The average Bonchev–Trinajstić information content (AvgIpc) is 2.83. The van der Waals surface area contributed by atoms with Gasteiger partial charge in [-0.05, 0) is 0 Å². The molecule has 0 aromatic heterocycles. The molecule has 0 fully saturated rings. The summed E-state index contributed by atoms with van der Waals surface area (Å²) < 4.78 is 14.5. The number of para-hydroxylation sites is 1. The topological polar surface area (TPSA) is 40.5 Å². The molecule has 7 heteroatoms. The molecule has 34 heavy (non-hydrogen) atoms. The van der Waals surface area contributed by atoms with E-state index in [0.29, 0.717) is 20.1 Å². The fourth-order valence-electron chi connectivity index (χ4n) is 3.88. The summed E-state index contributed by atoms with van der Waals surface area (Å²) in [5.74, 6) is -2.09. The van der Waals surface area contributed by atoms with Crippen LogP contribution in [-0.4, -0.2) is 26.5 Å². The summed E-state index contributed by atoms with van der Waals surface area (Å²) in [7, 11) is 0. The van der Waals surface area contributed by atoms with Gasteiger partial charge in [0.25, 0.3) is 0 Å². The Kier molecular flexibility index (Phi) is 10.1. The Balaban J connectivity index is 2.01. The first-order chi connectivity index (χ1) is 16.3. The number of anilines is 2. The van der Waals surface area contributed by atoms with Crippen LogP contribution >= 0.6 is 24.2 Å². The number of thiol groups is 1. The molecule has 0 unspecified atom stereocenters. The Morgan fingerprint density at radius 2 is 1.88 bits per heavy atom. The van der Waals surface area contributed by atoms with Crippen molar-refractivity contribution >= 4 is 41.6 Å². The van der Waals surface area contributed by atoms with Crippen LogP contribution in [0.25, 0.3) is 11.1 Å². The van der Waals surface area contributed by atoms with E-state index < -0.39 is 11.8 Å². The van der Waals surface area contributed by atoms with E-state index in [1.807, 2.05) is 30.3 Å². The predicted octanol–water partition coefficient (Wildman–Crippen LogP) is 4.94. The van der Waals surface area contributed by atoms with Crippen LogP contribution in [0.2, 0.25) is 5.02 Å². The van der Waals surface area contributed by atoms with Crippen molar-refractivity contribution < 1.29 is 35.5 Å². The molecule has 3 aromatic carbocycles. The molecule has 1 N–H and O–H groups in total. The number of benzene rings is 3. The van der Waals surface area contributed by atoms with E-state index in [1.54, 1.807) is 0 Å². The number of carboxylic acid groups (broad SMARTS) is 1. The number of nitrogens with zero attached hydrogens (tertiary/aromatic N) is 1. The molecule has 0 saturated carbocycles. The molecular weight excluding hydrogens is 584 g/mol. The van der Waals surface area contributed by atoms with Gasteiger partial charge >= 0.3 is 223 Å². The van der Waals surface area contributed by atoms with E-state index in [2.05, 4.69) is 28.9 Å². The zero-order valence-electron chi connectivity index (χ0n) is 19.3. The summed E-state index contributed by atoms with van der Waals surface area (Å²) in [6, 6.07) is 17.9. The molecule has 0 bridgehead atoms. The van der Waals surface area contributed by atoms with Gasteiger partial charge in [-0.15, -0.1) is 0 Å². The Labute approximate surface area is 222 Å². The number of hydrogen-bond donors (Lipinski definition) is 2. The number of aromatic carboxylic acids is 1. The fourth-order valence-corrected chi connectivity index (χ4v) is 6.31. The van der Waals surface area contributed by atoms with Gasteiger partial charge in [-0.1, -0.05) is 0 Å². The van der Waals surface area contributed by atoms with Crippen molar-refractivity contribution in [1.29, 1.82) is 0 Å². The van der Waals surface area contributed by atoms with Crippen LogP contribution < -0.4 is 26.1 Å². The first-order valence-electron chi connectivity index (χ1n) is 11.2. The molecule has 0 aliphatic heterocycles. The van der Waals surface area contributed by atoms with E-state index in [0.717, 1.165) is 28.9 Å². The first kappa shape index (κ1) is 26.8. The van der Waals surface area contributed by atoms with Crippen molar-refractivity contribution in [2.75, 3.05) is 16.4 Å². The molecule has 0 aliphatic carbocycles. The number of alkyl halides is 2. The van der Waals surface area contributed by atoms with Crippen molar-refractivity contribution in [1.82, 2.24) is 0 Å². The van der Waals surface area contributed by atoms with Crippen molar-refractivity contribution in [3.8, 4) is 11.1 Å². The van der Waals surface area contributed by atoms with Gasteiger partial charge in [0, 0.05) is 0 Å². The van der Waals surface area contributed by atoms with Crippen LogP contribution in [0.15, 0.2) is 65.6 Å². The van der Waals surface area contributed by atoms with E-state index in [-0.39, 0.29) is 26.8 Å². The van der Waals surface area contributed by atoms with Gasteiger partial charge in [-0.25, -0.2) is 0 Å². The Bertz CT molecular complexity index is 1130. The summed E-state index contributed by atoms with van der Waals surface area (Å²) in [4.78, 5) is 16.7. The third-order valence-corrected chi connectivity index (χ3v) is 9.19. The fraction of sp³-hybridized carbons (Fsp3) is 0.296. The molecule has 3 rings (SSSR count). The van der Waals surface area contributed by atoms with E-state index in [1.165, 1.54) is 37.8 Å². The van der Waals surface area contributed by atoms with Crippen molar-refractivity contribution in [3.63, 3.8) is 0 Å². The Morgan fingerprint density at radius 3 is 2.53 bits per heavy atom. The molecule has 0 radical (unpaired) electrons. The van der Waals surface area contributed by atoms with Crippen LogP contribution in [-0.2, 0) is 0 Å². The van der Waals surface area contributed by atoms with Crippen LogP contribution in [0.4, 0.5) is 15.8 Å². The summed E-state index contributed by atoms with van der Waals surface area (Å²) in [6.45, 7) is 3.12. The van der Waals surface area contributed by atoms with Gasteiger partial charge in [0.2, 0.25) is 0 Å². The number of halogens is 3. The second-order valence-electron chi connectivity index (χ2n) is 8.08. The molecule has 0 spiro atoms. The summed E-state index contributed by atoms with van der Waals surface area (Å²) in [6.07, 6.45) is 4.91. The van der Waals surface area contributed by atoms with Crippen LogP contribution in [0, 0.1) is 5.82 Å². The number of carboxylic acids is 1. The van der Waals surface area contributed by atoms with Crippen molar-refractivity contribution in [2.24, 2.45) is 0 Å². The SMILES string of the molecule is CCCCC[C@H](CN(c1ccccc1)c1cc(Cl)c(-c2ccc(F)c(C(=O)O)c2)cc1S)[I-]C. The van der Waals surface area contributed by atoms with Gasteiger partial charge in [0.05, 0.1) is 0 Å². The number of carbonyl (C=O) groups is 1. The number of unbranched alkanes of at least 4 members (excludes halogenated alkanes) is 2. The molecule has 0 heterocycles. The summed E-state index contributed by atoms with van der Waals surface area (Å²) in [5, 5.41) is 9.76. The normalized spacial score (nSPS) is 12.0. The third kappa shape index (κ3) is 6.67. The average molecular weight is 613 g/mol. The van der Waals surface area contributed by atoms with Gasteiger partial charge in [0.1, 0.15) is 0 Å². The first-order valence-corrected chi connectivity index (χ1v) is 15.4. The molecule has 0 saturated heterocycles. The van der Waals surface area contributed by atoms with Gasteiger partial charge in [-0.2, -0.15) is 0 Å². The molecule has 182 valence electrons. The van der Waals surface area contributed by atoms with Gasteiger partial charge in [-0.3, -0.25) is 0 Å².